The largest absolute Gasteiger partial charge is 0.357 e. The van der Waals surface area contributed by atoms with E-state index in [0.717, 1.165) is 58.2 Å². The van der Waals surface area contributed by atoms with Crippen molar-refractivity contribution in [2.24, 2.45) is 4.99 Å². The molecule has 1 fully saturated rings. The molecule has 2 N–H and O–H groups in total. The van der Waals surface area contributed by atoms with Gasteiger partial charge in [-0.25, -0.2) is 0 Å². The lowest BCUT2D eigenvalue weighted by Crippen LogP contribution is -2.51. The number of nitrogens with zero attached hydrogens (tertiary/aromatic N) is 4. The lowest BCUT2D eigenvalue weighted by Gasteiger charge is -2.36. The van der Waals surface area contributed by atoms with Crippen molar-refractivity contribution in [2.75, 3.05) is 60.4 Å². The monoisotopic (exact) mass is 388 g/mol. The lowest BCUT2D eigenvalue weighted by atomic mass is 10.1. The van der Waals surface area contributed by atoms with Gasteiger partial charge in [-0.05, 0) is 47.0 Å². The average molecular weight is 389 g/mol. The lowest BCUT2D eigenvalue weighted by molar-refractivity contribution is 0.119. The highest BCUT2D eigenvalue weighted by molar-refractivity contribution is 5.79. The molecule has 0 bridgehead atoms. The van der Waals surface area contributed by atoms with Gasteiger partial charge in [0.25, 0.3) is 0 Å². The molecular weight excluding hydrogens is 348 g/mol. The fourth-order valence-corrected chi connectivity index (χ4v) is 3.48. The Balaban J connectivity index is 1.76. The first-order valence-corrected chi connectivity index (χ1v) is 10.6. The maximum Gasteiger partial charge on any atom is 0.191 e. The molecule has 1 aliphatic rings. The van der Waals surface area contributed by atoms with E-state index in [-0.39, 0.29) is 0 Å². The standard InChI is InChI=1S/C22H40N6/c1-6-23-22(25-16-21-18-26(3)14-15-27(21)4)24-13-12-19(2)28(5)17-20-10-8-7-9-11-20/h7-11,19,21H,6,12-18H2,1-5H3,(H2,23,24,25). The van der Waals surface area contributed by atoms with Gasteiger partial charge < -0.3 is 15.5 Å². The van der Waals surface area contributed by atoms with Gasteiger partial charge in [-0.1, -0.05) is 30.3 Å². The number of likely N-dealkylation sites (N-methyl/N-ethyl adjacent to an activating group) is 2. The number of hydrogen-bond donors (Lipinski definition) is 2. The van der Waals surface area contributed by atoms with E-state index in [1.807, 2.05) is 0 Å². The van der Waals surface area contributed by atoms with Gasteiger partial charge in [0.15, 0.2) is 5.96 Å². The Labute approximate surface area is 172 Å². The Morgan fingerprint density at radius 1 is 1.21 bits per heavy atom. The zero-order valence-electron chi connectivity index (χ0n) is 18.5. The van der Waals surface area contributed by atoms with Gasteiger partial charge in [-0.15, -0.1) is 0 Å². The Morgan fingerprint density at radius 3 is 2.68 bits per heavy atom. The number of benzene rings is 1. The summed E-state index contributed by atoms with van der Waals surface area (Å²) in [6.07, 6.45) is 1.08. The van der Waals surface area contributed by atoms with Crippen molar-refractivity contribution < 1.29 is 0 Å². The number of rotatable bonds is 9. The van der Waals surface area contributed by atoms with Crippen molar-refractivity contribution in [1.29, 1.82) is 0 Å². The average Bonchev–Trinajstić information content (AvgIpc) is 2.69. The summed E-state index contributed by atoms with van der Waals surface area (Å²) >= 11 is 0. The number of piperazine rings is 1. The Kier molecular flexibility index (Phi) is 9.75. The van der Waals surface area contributed by atoms with E-state index < -0.39 is 0 Å². The molecule has 2 atom stereocenters. The molecule has 0 saturated carbocycles. The van der Waals surface area contributed by atoms with Crippen LogP contribution < -0.4 is 10.6 Å². The summed E-state index contributed by atoms with van der Waals surface area (Å²) in [4.78, 5) is 12.1. The van der Waals surface area contributed by atoms with Gasteiger partial charge in [0.2, 0.25) is 0 Å². The second-order valence-corrected chi connectivity index (χ2v) is 8.08. The highest BCUT2D eigenvalue weighted by atomic mass is 15.3. The second-order valence-electron chi connectivity index (χ2n) is 8.08. The van der Waals surface area contributed by atoms with Gasteiger partial charge in [0, 0.05) is 51.4 Å². The summed E-state index contributed by atoms with van der Waals surface area (Å²) in [5.74, 6) is 0.932. The first-order chi connectivity index (χ1) is 13.5. The van der Waals surface area contributed by atoms with Crippen LogP contribution in [0.3, 0.4) is 0 Å². The second kappa shape index (κ2) is 12.0. The van der Waals surface area contributed by atoms with Crippen LogP contribution in [0, 0.1) is 0 Å². The van der Waals surface area contributed by atoms with Gasteiger partial charge in [0.05, 0.1) is 6.54 Å². The predicted molar refractivity (Wildman–Crippen MR) is 120 cm³/mol. The van der Waals surface area contributed by atoms with Crippen LogP contribution in [0.1, 0.15) is 25.8 Å². The summed E-state index contributed by atoms with van der Waals surface area (Å²) in [6.45, 7) is 11.4. The third kappa shape index (κ3) is 7.78. The topological polar surface area (TPSA) is 46.1 Å². The van der Waals surface area contributed by atoms with E-state index in [4.69, 9.17) is 4.99 Å². The Bertz CT molecular complexity index is 576. The number of nitrogens with one attached hydrogen (secondary N) is 2. The molecule has 2 rings (SSSR count). The highest BCUT2D eigenvalue weighted by Crippen LogP contribution is 2.08. The van der Waals surface area contributed by atoms with Crippen LogP contribution in [0.2, 0.25) is 0 Å². The van der Waals surface area contributed by atoms with Crippen LogP contribution in [-0.2, 0) is 6.54 Å². The maximum absolute atomic E-state index is 4.84. The molecule has 6 heteroatoms. The minimum absolute atomic E-state index is 0.491. The van der Waals surface area contributed by atoms with E-state index >= 15 is 0 Å². The van der Waals surface area contributed by atoms with Crippen molar-refractivity contribution in [3.8, 4) is 0 Å². The van der Waals surface area contributed by atoms with Crippen molar-refractivity contribution in [2.45, 2.75) is 38.9 Å². The van der Waals surface area contributed by atoms with E-state index in [1.165, 1.54) is 5.56 Å². The van der Waals surface area contributed by atoms with Gasteiger partial charge in [-0.2, -0.15) is 0 Å². The molecule has 0 radical (unpaired) electrons. The number of hydrogen-bond acceptors (Lipinski definition) is 4. The number of aliphatic imine (C=N–C) groups is 1. The molecule has 0 aromatic heterocycles. The van der Waals surface area contributed by atoms with Gasteiger partial charge in [-0.3, -0.25) is 14.8 Å². The summed E-state index contributed by atoms with van der Waals surface area (Å²) in [5.41, 5.74) is 1.36. The minimum atomic E-state index is 0.491. The van der Waals surface area contributed by atoms with Crippen LogP contribution in [0.15, 0.2) is 35.3 Å². The molecule has 1 aromatic rings. The molecule has 1 saturated heterocycles. The zero-order chi connectivity index (χ0) is 20.4. The summed E-state index contributed by atoms with van der Waals surface area (Å²) in [7, 11) is 6.60. The van der Waals surface area contributed by atoms with Crippen LogP contribution in [0.5, 0.6) is 0 Å². The predicted octanol–water partition coefficient (Wildman–Crippen LogP) is 1.70. The third-order valence-corrected chi connectivity index (χ3v) is 5.67. The molecule has 1 aromatic carbocycles. The van der Waals surface area contributed by atoms with Crippen LogP contribution in [-0.4, -0.2) is 93.2 Å². The van der Waals surface area contributed by atoms with Crippen molar-refractivity contribution in [3.63, 3.8) is 0 Å². The van der Waals surface area contributed by atoms with Crippen molar-refractivity contribution in [1.82, 2.24) is 25.3 Å². The fourth-order valence-electron chi connectivity index (χ4n) is 3.48. The highest BCUT2D eigenvalue weighted by Gasteiger charge is 2.21. The maximum atomic E-state index is 4.84. The first kappa shape index (κ1) is 22.7. The molecule has 1 heterocycles. The van der Waals surface area contributed by atoms with Crippen molar-refractivity contribution >= 4 is 5.96 Å². The third-order valence-electron chi connectivity index (χ3n) is 5.67. The smallest absolute Gasteiger partial charge is 0.191 e. The van der Waals surface area contributed by atoms with Crippen LogP contribution in [0.25, 0.3) is 0 Å². The summed E-state index contributed by atoms with van der Waals surface area (Å²) in [6, 6.07) is 11.7. The van der Waals surface area contributed by atoms with E-state index in [2.05, 4.69) is 90.7 Å². The van der Waals surface area contributed by atoms with Gasteiger partial charge >= 0.3 is 0 Å². The fraction of sp³-hybridized carbons (Fsp3) is 0.682. The first-order valence-electron chi connectivity index (χ1n) is 10.6. The molecule has 0 aliphatic carbocycles. The summed E-state index contributed by atoms with van der Waals surface area (Å²) in [5, 5.41) is 6.90. The molecule has 0 spiro atoms. The van der Waals surface area contributed by atoms with Crippen LogP contribution >= 0.6 is 0 Å². The van der Waals surface area contributed by atoms with E-state index in [1.54, 1.807) is 0 Å². The van der Waals surface area contributed by atoms with Crippen molar-refractivity contribution in [3.05, 3.63) is 35.9 Å². The molecule has 2 unspecified atom stereocenters. The van der Waals surface area contributed by atoms with Gasteiger partial charge in [0.1, 0.15) is 0 Å². The molecule has 1 aliphatic heterocycles. The van der Waals surface area contributed by atoms with Crippen LogP contribution in [0.4, 0.5) is 0 Å². The molecule has 158 valence electrons. The minimum Gasteiger partial charge on any atom is -0.357 e. The van der Waals surface area contributed by atoms with E-state index in [0.29, 0.717) is 12.1 Å². The molecule has 6 nitrogen and oxygen atoms in total. The molecule has 0 amide bonds. The Hall–Kier alpha value is -1.63. The Morgan fingerprint density at radius 2 is 1.96 bits per heavy atom. The number of guanidine groups is 1. The quantitative estimate of drug-likeness (QED) is 0.498. The molecular formula is C22H40N6. The SMILES string of the molecule is CCNC(=NCC1CN(C)CCN1C)NCCC(C)N(C)Cc1ccccc1. The van der Waals surface area contributed by atoms with E-state index in [9.17, 15) is 0 Å². The summed E-state index contributed by atoms with van der Waals surface area (Å²) < 4.78 is 0. The normalized spacial score (nSPS) is 20.4. The zero-order valence-corrected chi connectivity index (χ0v) is 18.5. The molecule has 28 heavy (non-hydrogen) atoms.